The van der Waals surface area contributed by atoms with Gasteiger partial charge in [-0.25, -0.2) is 0 Å². The molecule has 0 spiro atoms. The van der Waals surface area contributed by atoms with Crippen molar-refractivity contribution in [2.45, 2.75) is 182 Å². The maximum absolute atomic E-state index is 2.72. The van der Waals surface area contributed by atoms with E-state index in [1.54, 1.807) is 0 Å². The van der Waals surface area contributed by atoms with Gasteiger partial charge >= 0.3 is 0 Å². The Balaban J connectivity index is 2.80. The largest absolute Gasteiger partial charge is 0.0885 e. The zero-order chi connectivity index (χ0) is 26.1. The van der Waals surface area contributed by atoms with E-state index in [9.17, 15) is 0 Å². The average Bonchev–Trinajstić information content (AvgIpc) is 2.89. The topological polar surface area (TPSA) is 0 Å². The van der Waals surface area contributed by atoms with Crippen LogP contribution in [0.2, 0.25) is 0 Å². The predicted octanol–water partition coefficient (Wildman–Crippen LogP) is 13.0. The van der Waals surface area contributed by atoms with Gasteiger partial charge in [-0.1, -0.05) is 168 Å². The van der Waals surface area contributed by atoms with Crippen molar-refractivity contribution in [1.29, 1.82) is 0 Å². The first-order valence-corrected chi connectivity index (χ1v) is 17.1. The molecule has 0 heterocycles. The number of unbranched alkanes of at least 4 members (excludes halogenated alkanes) is 16. The van der Waals surface area contributed by atoms with Crippen LogP contribution in [-0.4, -0.2) is 0 Å². The van der Waals surface area contributed by atoms with Crippen LogP contribution in [0.5, 0.6) is 0 Å². The quantitative estimate of drug-likeness (QED) is 0.0863. The van der Waals surface area contributed by atoms with Crippen molar-refractivity contribution in [1.82, 2.24) is 0 Å². The van der Waals surface area contributed by atoms with Crippen molar-refractivity contribution in [3.05, 3.63) is 24.3 Å². The van der Waals surface area contributed by atoms with E-state index in [1.165, 1.54) is 154 Å². The lowest BCUT2D eigenvalue weighted by atomic mass is 9.65. The summed E-state index contributed by atoms with van der Waals surface area (Å²) in [6, 6.07) is 0. The normalized spacial score (nSPS) is 22.1. The molecular formula is C36H68. The molecular weight excluding hydrogens is 432 g/mol. The fraction of sp³-hybridized carbons (Fsp3) is 0.889. The first kappa shape index (κ1) is 33.5. The molecule has 212 valence electrons. The molecule has 0 amide bonds. The maximum atomic E-state index is 2.72. The fourth-order valence-electron chi connectivity index (χ4n) is 6.62. The summed E-state index contributed by atoms with van der Waals surface area (Å²) >= 11 is 0. The zero-order valence-corrected chi connectivity index (χ0v) is 25.6. The van der Waals surface area contributed by atoms with Gasteiger partial charge in [0.2, 0.25) is 0 Å². The maximum Gasteiger partial charge on any atom is -0.0199 e. The molecule has 0 aromatic heterocycles. The van der Waals surface area contributed by atoms with Gasteiger partial charge in [-0.15, -0.1) is 0 Å². The lowest BCUT2D eigenvalue weighted by Crippen LogP contribution is -2.31. The van der Waals surface area contributed by atoms with Crippen LogP contribution in [0.1, 0.15) is 182 Å². The second-order valence-corrected chi connectivity index (χ2v) is 12.2. The minimum atomic E-state index is 0.827. The molecule has 1 rings (SSSR count). The molecule has 0 fully saturated rings. The lowest BCUT2D eigenvalue weighted by Gasteiger charge is -2.40. The summed E-state index contributed by atoms with van der Waals surface area (Å²) in [7, 11) is 0. The highest BCUT2D eigenvalue weighted by molar-refractivity contribution is 5.06. The van der Waals surface area contributed by atoms with E-state index in [4.69, 9.17) is 0 Å². The summed E-state index contributed by atoms with van der Waals surface area (Å²) in [6.07, 6.45) is 44.5. The molecule has 0 heteroatoms. The van der Waals surface area contributed by atoms with Gasteiger partial charge < -0.3 is 0 Å². The van der Waals surface area contributed by atoms with Crippen LogP contribution in [0.3, 0.4) is 0 Å². The molecule has 1 aliphatic carbocycles. The Hall–Kier alpha value is -0.520. The zero-order valence-electron chi connectivity index (χ0n) is 25.6. The predicted molar refractivity (Wildman–Crippen MR) is 166 cm³/mol. The average molecular weight is 501 g/mol. The van der Waals surface area contributed by atoms with Gasteiger partial charge in [0.15, 0.2) is 0 Å². The van der Waals surface area contributed by atoms with Gasteiger partial charge in [0.05, 0.1) is 0 Å². The van der Waals surface area contributed by atoms with Crippen LogP contribution in [0, 0.1) is 23.7 Å². The van der Waals surface area contributed by atoms with Gasteiger partial charge in [0.25, 0.3) is 0 Å². The van der Waals surface area contributed by atoms with Crippen LogP contribution in [0.15, 0.2) is 24.3 Å². The second kappa shape index (κ2) is 24.8. The number of hydrogen-bond acceptors (Lipinski definition) is 0. The van der Waals surface area contributed by atoms with Crippen LogP contribution >= 0.6 is 0 Å². The summed E-state index contributed by atoms with van der Waals surface area (Å²) in [5.41, 5.74) is 0. The number of rotatable bonds is 25. The molecule has 0 radical (unpaired) electrons. The Morgan fingerprint density at radius 1 is 0.417 bits per heavy atom. The van der Waals surface area contributed by atoms with E-state index in [0.29, 0.717) is 0 Å². The molecule has 0 saturated heterocycles. The molecule has 0 aromatic carbocycles. The summed E-state index contributed by atoms with van der Waals surface area (Å²) in [5.74, 6) is 3.48. The third kappa shape index (κ3) is 16.3. The third-order valence-electron chi connectivity index (χ3n) is 8.98. The molecule has 1 aliphatic rings. The smallest absolute Gasteiger partial charge is 0.0199 e. The summed E-state index contributed by atoms with van der Waals surface area (Å²) in [6.45, 7) is 9.33. The van der Waals surface area contributed by atoms with Gasteiger partial charge in [-0.2, -0.15) is 0 Å². The van der Waals surface area contributed by atoms with E-state index < -0.39 is 0 Å². The first-order valence-electron chi connectivity index (χ1n) is 17.1. The molecule has 0 nitrogen and oxygen atoms in total. The van der Waals surface area contributed by atoms with E-state index in [0.717, 1.165) is 23.7 Å². The van der Waals surface area contributed by atoms with Crippen molar-refractivity contribution in [2.75, 3.05) is 0 Å². The summed E-state index contributed by atoms with van der Waals surface area (Å²) < 4.78 is 0. The SMILES string of the molecule is CCCCC/C=C/CC1C(CCCCCC)C=CC(CCCCCCCC)C1CCCCCCCC. The Morgan fingerprint density at radius 2 is 0.833 bits per heavy atom. The van der Waals surface area contributed by atoms with Crippen LogP contribution in [-0.2, 0) is 0 Å². The highest BCUT2D eigenvalue weighted by atomic mass is 14.4. The van der Waals surface area contributed by atoms with Crippen molar-refractivity contribution in [2.24, 2.45) is 23.7 Å². The van der Waals surface area contributed by atoms with E-state index in [2.05, 4.69) is 52.0 Å². The molecule has 4 atom stereocenters. The van der Waals surface area contributed by atoms with E-state index >= 15 is 0 Å². The standard InChI is InChI=1S/C36H68/c1-5-9-13-17-20-24-28-34-32-31-33(27-23-16-12-8-4)35(29-25-21-18-14-10-6-2)36(34)30-26-22-19-15-11-7-3/h21,25,31-36H,5-20,22-24,26-30H2,1-4H3/b25-21+. The van der Waals surface area contributed by atoms with Crippen LogP contribution in [0.4, 0.5) is 0 Å². The van der Waals surface area contributed by atoms with Gasteiger partial charge in [-0.3, -0.25) is 0 Å². The van der Waals surface area contributed by atoms with Gasteiger partial charge in [0, 0.05) is 0 Å². The van der Waals surface area contributed by atoms with Crippen molar-refractivity contribution < 1.29 is 0 Å². The van der Waals surface area contributed by atoms with Crippen molar-refractivity contribution in [3.63, 3.8) is 0 Å². The lowest BCUT2D eigenvalue weighted by molar-refractivity contribution is 0.159. The van der Waals surface area contributed by atoms with Gasteiger partial charge in [-0.05, 0) is 62.2 Å². The Bertz CT molecular complexity index is 500. The molecule has 36 heavy (non-hydrogen) atoms. The van der Waals surface area contributed by atoms with Crippen molar-refractivity contribution in [3.8, 4) is 0 Å². The molecule has 0 N–H and O–H groups in total. The first-order chi connectivity index (χ1) is 17.8. The Morgan fingerprint density at radius 3 is 1.39 bits per heavy atom. The van der Waals surface area contributed by atoms with E-state index in [1.807, 2.05) is 0 Å². The van der Waals surface area contributed by atoms with Crippen LogP contribution in [0.25, 0.3) is 0 Å². The minimum Gasteiger partial charge on any atom is -0.0885 e. The highest BCUT2D eigenvalue weighted by Crippen LogP contribution is 2.44. The van der Waals surface area contributed by atoms with Gasteiger partial charge in [0.1, 0.15) is 0 Å². The summed E-state index contributed by atoms with van der Waals surface area (Å²) in [4.78, 5) is 0. The Kier molecular flexibility index (Phi) is 23.1. The molecule has 0 aromatic rings. The van der Waals surface area contributed by atoms with Crippen molar-refractivity contribution >= 4 is 0 Å². The third-order valence-corrected chi connectivity index (χ3v) is 8.98. The minimum absolute atomic E-state index is 0.827. The molecule has 0 bridgehead atoms. The van der Waals surface area contributed by atoms with E-state index in [-0.39, 0.29) is 0 Å². The highest BCUT2D eigenvalue weighted by Gasteiger charge is 2.34. The number of allylic oxidation sites excluding steroid dienone is 4. The number of hydrogen-bond donors (Lipinski definition) is 0. The fourth-order valence-corrected chi connectivity index (χ4v) is 6.62. The molecule has 0 aliphatic heterocycles. The summed E-state index contributed by atoms with van der Waals surface area (Å²) in [5, 5.41) is 0. The second-order valence-electron chi connectivity index (χ2n) is 12.2. The Labute approximate surface area is 229 Å². The monoisotopic (exact) mass is 501 g/mol. The van der Waals surface area contributed by atoms with Crippen LogP contribution < -0.4 is 0 Å². The molecule has 4 unspecified atom stereocenters. The molecule has 0 saturated carbocycles.